The Bertz CT molecular complexity index is 407. The summed E-state index contributed by atoms with van der Waals surface area (Å²) in [7, 11) is 0. The SMILES string of the molecule is CC(C)N(CCO)C(=O)c1ccc(OC(F)F)cc1. The summed E-state index contributed by atoms with van der Waals surface area (Å²) in [5, 5.41) is 8.93. The molecular formula is C13H17F2NO3. The highest BCUT2D eigenvalue weighted by atomic mass is 19.3. The molecule has 0 atom stereocenters. The van der Waals surface area contributed by atoms with Crippen LogP contribution in [0.25, 0.3) is 0 Å². The number of carbonyl (C=O) groups excluding carboxylic acids is 1. The van der Waals surface area contributed by atoms with Crippen LogP contribution in [0, 0.1) is 0 Å². The van der Waals surface area contributed by atoms with E-state index < -0.39 is 6.61 Å². The number of aliphatic hydroxyl groups excluding tert-OH is 1. The van der Waals surface area contributed by atoms with Crippen molar-refractivity contribution in [2.24, 2.45) is 0 Å². The lowest BCUT2D eigenvalue weighted by Crippen LogP contribution is -2.38. The Morgan fingerprint density at radius 1 is 1.32 bits per heavy atom. The molecule has 6 heteroatoms. The molecule has 0 aliphatic heterocycles. The lowest BCUT2D eigenvalue weighted by Gasteiger charge is -2.26. The van der Waals surface area contributed by atoms with Crippen LogP contribution in [0.1, 0.15) is 24.2 Å². The molecule has 19 heavy (non-hydrogen) atoms. The van der Waals surface area contributed by atoms with Gasteiger partial charge in [0.15, 0.2) is 0 Å². The summed E-state index contributed by atoms with van der Waals surface area (Å²) in [5.74, 6) is -0.252. The second kappa shape index (κ2) is 7.04. The van der Waals surface area contributed by atoms with E-state index in [0.29, 0.717) is 5.56 Å². The fourth-order valence-electron chi connectivity index (χ4n) is 1.65. The van der Waals surface area contributed by atoms with Gasteiger partial charge >= 0.3 is 6.61 Å². The Balaban J connectivity index is 2.81. The van der Waals surface area contributed by atoms with E-state index in [9.17, 15) is 13.6 Å². The summed E-state index contributed by atoms with van der Waals surface area (Å²) in [5.41, 5.74) is 0.365. The van der Waals surface area contributed by atoms with Crippen molar-refractivity contribution < 1.29 is 23.4 Å². The van der Waals surface area contributed by atoms with Crippen molar-refractivity contribution in [3.8, 4) is 5.75 Å². The number of hydrogen-bond acceptors (Lipinski definition) is 3. The van der Waals surface area contributed by atoms with Gasteiger partial charge in [0.1, 0.15) is 5.75 Å². The molecule has 0 radical (unpaired) electrons. The summed E-state index contributed by atoms with van der Waals surface area (Å²) < 4.78 is 28.2. The number of nitrogens with zero attached hydrogens (tertiary/aromatic N) is 1. The molecule has 0 aliphatic carbocycles. The maximum absolute atomic E-state index is 12.1. The molecule has 0 saturated carbocycles. The van der Waals surface area contributed by atoms with Crippen LogP contribution in [0.5, 0.6) is 5.75 Å². The van der Waals surface area contributed by atoms with Crippen molar-refractivity contribution in [1.29, 1.82) is 0 Å². The summed E-state index contributed by atoms with van der Waals surface area (Å²) in [4.78, 5) is 13.6. The maximum atomic E-state index is 12.1. The molecule has 0 aromatic heterocycles. The molecule has 0 aliphatic rings. The molecule has 1 rings (SSSR count). The third kappa shape index (κ3) is 4.48. The first-order valence-corrected chi connectivity index (χ1v) is 5.92. The van der Waals surface area contributed by atoms with Crippen LogP contribution in [-0.2, 0) is 0 Å². The van der Waals surface area contributed by atoms with E-state index in [0.717, 1.165) is 0 Å². The number of benzene rings is 1. The Kier molecular flexibility index (Phi) is 5.69. The van der Waals surface area contributed by atoms with Crippen molar-refractivity contribution in [3.63, 3.8) is 0 Å². The summed E-state index contributed by atoms with van der Waals surface area (Å²) in [6, 6.07) is 5.42. The normalized spacial score (nSPS) is 10.9. The van der Waals surface area contributed by atoms with Gasteiger partial charge in [0, 0.05) is 18.2 Å². The first-order chi connectivity index (χ1) is 8.95. The minimum atomic E-state index is -2.89. The average Bonchev–Trinajstić information content (AvgIpc) is 2.35. The minimum absolute atomic E-state index is 0.00445. The minimum Gasteiger partial charge on any atom is -0.435 e. The second-order valence-electron chi connectivity index (χ2n) is 4.22. The number of hydrogen-bond donors (Lipinski definition) is 1. The maximum Gasteiger partial charge on any atom is 0.387 e. The Hall–Kier alpha value is -1.69. The van der Waals surface area contributed by atoms with Crippen LogP contribution >= 0.6 is 0 Å². The standard InChI is InChI=1S/C13H17F2NO3/c1-9(2)16(7-8-17)12(18)10-3-5-11(6-4-10)19-13(14)15/h3-6,9,13,17H,7-8H2,1-2H3. The van der Waals surface area contributed by atoms with E-state index in [1.807, 2.05) is 13.8 Å². The fourth-order valence-corrected chi connectivity index (χ4v) is 1.65. The quantitative estimate of drug-likeness (QED) is 0.863. The van der Waals surface area contributed by atoms with Crippen molar-refractivity contribution in [3.05, 3.63) is 29.8 Å². The molecule has 106 valence electrons. The summed E-state index contributed by atoms with van der Waals surface area (Å²) in [6.07, 6.45) is 0. The van der Waals surface area contributed by atoms with Gasteiger partial charge in [-0.1, -0.05) is 0 Å². The summed E-state index contributed by atoms with van der Waals surface area (Å²) >= 11 is 0. The molecule has 1 aromatic rings. The zero-order valence-corrected chi connectivity index (χ0v) is 10.8. The molecule has 1 amide bonds. The van der Waals surface area contributed by atoms with Gasteiger partial charge in [0.05, 0.1) is 6.61 Å². The molecule has 0 spiro atoms. The number of alkyl halides is 2. The van der Waals surface area contributed by atoms with Crippen LogP contribution in [0.15, 0.2) is 24.3 Å². The zero-order valence-electron chi connectivity index (χ0n) is 10.8. The van der Waals surface area contributed by atoms with Crippen molar-refractivity contribution in [2.75, 3.05) is 13.2 Å². The first-order valence-electron chi connectivity index (χ1n) is 5.92. The van der Waals surface area contributed by atoms with Crippen molar-refractivity contribution in [2.45, 2.75) is 26.5 Å². The van der Waals surface area contributed by atoms with Gasteiger partial charge in [-0.3, -0.25) is 4.79 Å². The average molecular weight is 273 g/mol. The van der Waals surface area contributed by atoms with Crippen molar-refractivity contribution >= 4 is 5.91 Å². The topological polar surface area (TPSA) is 49.8 Å². The third-order valence-electron chi connectivity index (χ3n) is 2.55. The van der Waals surface area contributed by atoms with Crippen LogP contribution in [0.3, 0.4) is 0 Å². The van der Waals surface area contributed by atoms with Crippen LogP contribution in [0.4, 0.5) is 8.78 Å². The second-order valence-corrected chi connectivity index (χ2v) is 4.22. The molecule has 0 saturated heterocycles. The van der Waals surface area contributed by atoms with Gasteiger partial charge in [0.25, 0.3) is 5.91 Å². The van der Waals surface area contributed by atoms with Gasteiger partial charge in [-0.15, -0.1) is 0 Å². The van der Waals surface area contributed by atoms with E-state index in [4.69, 9.17) is 5.11 Å². The largest absolute Gasteiger partial charge is 0.435 e. The number of amides is 1. The lowest BCUT2D eigenvalue weighted by atomic mass is 10.1. The van der Waals surface area contributed by atoms with Gasteiger partial charge in [-0.05, 0) is 38.1 Å². The van der Waals surface area contributed by atoms with Gasteiger partial charge < -0.3 is 14.7 Å². The van der Waals surface area contributed by atoms with Crippen LogP contribution < -0.4 is 4.74 Å². The highest BCUT2D eigenvalue weighted by molar-refractivity contribution is 5.94. The van der Waals surface area contributed by atoms with E-state index in [1.165, 1.54) is 29.2 Å². The van der Waals surface area contributed by atoms with Crippen LogP contribution in [-0.4, -0.2) is 41.7 Å². The fraction of sp³-hybridized carbons (Fsp3) is 0.462. The Labute approximate surface area is 110 Å². The predicted octanol–water partition coefficient (Wildman–Crippen LogP) is 2.13. The van der Waals surface area contributed by atoms with Gasteiger partial charge in [0.2, 0.25) is 0 Å². The molecule has 4 nitrogen and oxygen atoms in total. The third-order valence-corrected chi connectivity index (χ3v) is 2.55. The smallest absolute Gasteiger partial charge is 0.387 e. The van der Waals surface area contributed by atoms with E-state index in [-0.39, 0.29) is 30.9 Å². The number of aliphatic hydroxyl groups is 1. The zero-order chi connectivity index (χ0) is 14.4. The molecule has 1 N–H and O–H groups in total. The molecule has 1 aromatic carbocycles. The Morgan fingerprint density at radius 3 is 2.32 bits per heavy atom. The Morgan fingerprint density at radius 2 is 1.89 bits per heavy atom. The van der Waals surface area contributed by atoms with Crippen LogP contribution in [0.2, 0.25) is 0 Å². The highest BCUT2D eigenvalue weighted by Gasteiger charge is 2.18. The molecule has 0 bridgehead atoms. The summed E-state index contributed by atoms with van der Waals surface area (Å²) in [6.45, 7) is 0.884. The highest BCUT2D eigenvalue weighted by Crippen LogP contribution is 2.16. The lowest BCUT2D eigenvalue weighted by molar-refractivity contribution is -0.0498. The van der Waals surface area contributed by atoms with Gasteiger partial charge in [-0.2, -0.15) is 8.78 Å². The molecule has 0 unspecified atom stereocenters. The van der Waals surface area contributed by atoms with E-state index in [2.05, 4.69) is 4.74 Å². The predicted molar refractivity (Wildman–Crippen MR) is 66.3 cm³/mol. The van der Waals surface area contributed by atoms with Gasteiger partial charge in [-0.25, -0.2) is 0 Å². The molecule has 0 fully saturated rings. The number of rotatable bonds is 6. The van der Waals surface area contributed by atoms with E-state index in [1.54, 1.807) is 0 Å². The molecule has 0 heterocycles. The van der Waals surface area contributed by atoms with Crippen molar-refractivity contribution in [1.82, 2.24) is 4.90 Å². The first kappa shape index (κ1) is 15.4. The number of carbonyl (C=O) groups is 1. The number of ether oxygens (including phenoxy) is 1. The monoisotopic (exact) mass is 273 g/mol. The number of halogens is 2. The van der Waals surface area contributed by atoms with E-state index >= 15 is 0 Å². The molecular weight excluding hydrogens is 256 g/mol.